The summed E-state index contributed by atoms with van der Waals surface area (Å²) < 4.78 is 5.36. The molecule has 1 atom stereocenters. The van der Waals surface area contributed by atoms with Crippen molar-refractivity contribution in [1.29, 1.82) is 0 Å². The van der Waals surface area contributed by atoms with Gasteiger partial charge in [0.1, 0.15) is 5.71 Å². The maximum absolute atomic E-state index is 12.6. The van der Waals surface area contributed by atoms with Gasteiger partial charge in [0, 0.05) is 12.1 Å². The zero-order valence-corrected chi connectivity index (χ0v) is 14.8. The number of nitrogens with zero attached hydrogens (tertiary/aromatic N) is 2. The molecule has 0 fully saturated rings. The molecule has 0 bridgehead atoms. The number of imidazole rings is 1. The Hall–Kier alpha value is -3.87. The van der Waals surface area contributed by atoms with Crippen LogP contribution in [0.1, 0.15) is 18.1 Å². The Bertz CT molecular complexity index is 1160. The Balaban J connectivity index is 1.30. The van der Waals surface area contributed by atoms with E-state index in [0.717, 1.165) is 16.6 Å². The molecular formula is C21H16N4O3. The normalized spacial score (nSPS) is 16.0. The average Bonchev–Trinajstić information content (AvgIpc) is 3.47. The number of nitrogens with one attached hydrogen (secondary N) is 2. The summed E-state index contributed by atoms with van der Waals surface area (Å²) in [6.45, 7) is 0. The number of anilines is 1. The van der Waals surface area contributed by atoms with E-state index in [1.54, 1.807) is 18.4 Å². The zero-order chi connectivity index (χ0) is 18.9. The smallest absolute Gasteiger partial charge is 0.273 e. The largest absolute Gasteiger partial charge is 0.461 e. The number of carbonyl (C=O) groups excluding carboxylic acids is 1. The van der Waals surface area contributed by atoms with E-state index in [0.29, 0.717) is 29.4 Å². The first-order valence-electron chi connectivity index (χ1n) is 8.89. The van der Waals surface area contributed by atoms with Gasteiger partial charge in [0.25, 0.3) is 5.91 Å². The highest BCUT2D eigenvalue weighted by Gasteiger charge is 2.27. The molecule has 0 aliphatic carbocycles. The minimum Gasteiger partial charge on any atom is -0.461 e. The minimum atomic E-state index is -0.274. The quantitative estimate of drug-likeness (QED) is 0.559. The summed E-state index contributed by atoms with van der Waals surface area (Å²) in [5.41, 5.74) is 3.61. The van der Waals surface area contributed by atoms with Crippen LogP contribution in [-0.4, -0.2) is 21.6 Å². The third kappa shape index (κ3) is 3.03. The van der Waals surface area contributed by atoms with E-state index in [1.807, 2.05) is 48.5 Å². The van der Waals surface area contributed by atoms with Gasteiger partial charge in [-0.1, -0.05) is 35.5 Å². The second kappa shape index (κ2) is 6.70. The number of oxime groups is 1. The fourth-order valence-electron chi connectivity index (χ4n) is 3.18. The number of fused-ring (bicyclic) bond motifs is 1. The molecule has 4 aromatic rings. The number of hydrogen-bond acceptors (Lipinski definition) is 5. The van der Waals surface area contributed by atoms with Gasteiger partial charge < -0.3 is 19.6 Å². The highest BCUT2D eigenvalue weighted by Crippen LogP contribution is 2.28. The van der Waals surface area contributed by atoms with E-state index in [9.17, 15) is 4.79 Å². The molecule has 1 amide bonds. The fraction of sp³-hybridized carbons (Fsp3) is 0.0952. The van der Waals surface area contributed by atoms with E-state index in [1.165, 1.54) is 0 Å². The Morgan fingerprint density at radius 2 is 2.00 bits per heavy atom. The predicted octanol–water partition coefficient (Wildman–Crippen LogP) is 4.28. The summed E-state index contributed by atoms with van der Waals surface area (Å²) in [4.78, 5) is 25.7. The van der Waals surface area contributed by atoms with Gasteiger partial charge in [-0.15, -0.1) is 0 Å². The first kappa shape index (κ1) is 16.3. The van der Waals surface area contributed by atoms with Gasteiger partial charge in [-0.3, -0.25) is 4.79 Å². The van der Waals surface area contributed by atoms with Crippen molar-refractivity contribution in [1.82, 2.24) is 9.97 Å². The number of aromatic nitrogens is 2. The second-order valence-electron chi connectivity index (χ2n) is 6.50. The van der Waals surface area contributed by atoms with Crippen LogP contribution in [0.5, 0.6) is 0 Å². The topological polar surface area (TPSA) is 92.5 Å². The van der Waals surface area contributed by atoms with Crippen molar-refractivity contribution in [2.24, 2.45) is 5.16 Å². The van der Waals surface area contributed by atoms with E-state index in [-0.39, 0.29) is 12.0 Å². The molecule has 2 aromatic heterocycles. The van der Waals surface area contributed by atoms with Gasteiger partial charge in [-0.05, 0) is 35.9 Å². The van der Waals surface area contributed by atoms with Crippen LogP contribution in [0.4, 0.5) is 5.69 Å². The molecular weight excluding hydrogens is 356 g/mol. The van der Waals surface area contributed by atoms with Gasteiger partial charge in [-0.25, -0.2) is 4.98 Å². The number of rotatable bonds is 4. The van der Waals surface area contributed by atoms with Crippen LogP contribution in [0.2, 0.25) is 0 Å². The van der Waals surface area contributed by atoms with Gasteiger partial charge in [0.05, 0.1) is 17.3 Å². The number of amides is 1. The Labute approximate surface area is 160 Å². The third-order valence-electron chi connectivity index (χ3n) is 4.60. The molecule has 0 radical (unpaired) electrons. The van der Waals surface area contributed by atoms with Crippen molar-refractivity contribution in [3.8, 4) is 11.6 Å². The van der Waals surface area contributed by atoms with Crippen molar-refractivity contribution >= 4 is 28.3 Å². The van der Waals surface area contributed by atoms with Crippen LogP contribution >= 0.6 is 0 Å². The van der Waals surface area contributed by atoms with Gasteiger partial charge in [0.2, 0.25) is 0 Å². The van der Waals surface area contributed by atoms with Crippen LogP contribution < -0.4 is 5.32 Å². The molecule has 3 heterocycles. The van der Waals surface area contributed by atoms with Crippen molar-refractivity contribution < 1.29 is 14.0 Å². The van der Waals surface area contributed by atoms with Crippen LogP contribution in [0, 0.1) is 0 Å². The summed E-state index contributed by atoms with van der Waals surface area (Å²) in [6.07, 6.45) is 1.80. The van der Waals surface area contributed by atoms with Crippen LogP contribution in [-0.2, 0) is 9.63 Å². The lowest BCUT2D eigenvalue weighted by Crippen LogP contribution is -2.21. The molecule has 1 aliphatic rings. The molecule has 138 valence electrons. The van der Waals surface area contributed by atoms with E-state index in [2.05, 4.69) is 20.4 Å². The maximum Gasteiger partial charge on any atom is 0.273 e. The Morgan fingerprint density at radius 3 is 2.82 bits per heavy atom. The second-order valence-corrected chi connectivity index (χ2v) is 6.50. The lowest BCUT2D eigenvalue weighted by Gasteiger charge is -2.07. The van der Waals surface area contributed by atoms with Crippen molar-refractivity contribution in [3.05, 3.63) is 72.5 Å². The van der Waals surface area contributed by atoms with Crippen molar-refractivity contribution in [2.75, 3.05) is 5.32 Å². The summed E-state index contributed by atoms with van der Waals surface area (Å²) >= 11 is 0. The first-order valence-corrected chi connectivity index (χ1v) is 8.89. The number of carbonyl (C=O) groups is 1. The molecule has 2 N–H and O–H groups in total. The average molecular weight is 372 g/mol. The standard InChI is InChI=1S/C21H16N4O3/c26-21(17-12-19(28-25-17)13-5-2-1-3-6-13)22-14-8-9-15-16(11-14)24-20(23-15)18-7-4-10-27-18/h1-11,19H,12H2,(H,22,26)(H,23,24). The lowest BCUT2D eigenvalue weighted by molar-refractivity contribution is -0.110. The molecule has 0 saturated heterocycles. The summed E-state index contributed by atoms with van der Waals surface area (Å²) in [5.74, 6) is 1.03. The van der Waals surface area contributed by atoms with Gasteiger partial charge in [0.15, 0.2) is 17.7 Å². The zero-order valence-electron chi connectivity index (χ0n) is 14.8. The first-order chi connectivity index (χ1) is 13.8. The molecule has 0 saturated carbocycles. The molecule has 0 spiro atoms. The Morgan fingerprint density at radius 1 is 1.11 bits per heavy atom. The van der Waals surface area contributed by atoms with Gasteiger partial charge >= 0.3 is 0 Å². The third-order valence-corrected chi connectivity index (χ3v) is 4.60. The fourth-order valence-corrected chi connectivity index (χ4v) is 3.18. The molecule has 28 heavy (non-hydrogen) atoms. The Kier molecular flexibility index (Phi) is 3.90. The maximum atomic E-state index is 12.6. The van der Waals surface area contributed by atoms with Gasteiger partial charge in [-0.2, -0.15) is 0 Å². The monoisotopic (exact) mass is 372 g/mol. The molecule has 1 unspecified atom stereocenters. The van der Waals surface area contributed by atoms with E-state index in [4.69, 9.17) is 9.25 Å². The highest BCUT2D eigenvalue weighted by atomic mass is 16.6. The SMILES string of the molecule is O=C(Nc1ccc2nc(-c3ccco3)[nH]c2c1)C1=NOC(c2ccccc2)C1. The lowest BCUT2D eigenvalue weighted by atomic mass is 10.0. The summed E-state index contributed by atoms with van der Waals surface area (Å²) in [6, 6.07) is 18.9. The van der Waals surface area contributed by atoms with Crippen LogP contribution in [0.3, 0.4) is 0 Å². The van der Waals surface area contributed by atoms with Crippen molar-refractivity contribution in [2.45, 2.75) is 12.5 Å². The number of furan rings is 1. The highest BCUT2D eigenvalue weighted by molar-refractivity contribution is 6.43. The predicted molar refractivity (Wildman–Crippen MR) is 105 cm³/mol. The molecule has 2 aromatic carbocycles. The number of aromatic amines is 1. The molecule has 5 rings (SSSR count). The van der Waals surface area contributed by atoms with Crippen molar-refractivity contribution in [3.63, 3.8) is 0 Å². The number of benzene rings is 2. The minimum absolute atomic E-state index is 0.229. The molecule has 7 nitrogen and oxygen atoms in total. The number of hydrogen-bond donors (Lipinski definition) is 2. The molecule has 7 heteroatoms. The molecule has 1 aliphatic heterocycles. The summed E-state index contributed by atoms with van der Waals surface area (Å²) in [5, 5.41) is 6.83. The van der Waals surface area contributed by atoms with E-state index < -0.39 is 0 Å². The van der Waals surface area contributed by atoms with E-state index >= 15 is 0 Å². The summed E-state index contributed by atoms with van der Waals surface area (Å²) in [7, 11) is 0. The van der Waals surface area contributed by atoms with Crippen LogP contribution in [0.25, 0.3) is 22.6 Å². The van der Waals surface area contributed by atoms with Crippen LogP contribution in [0.15, 0.2) is 76.5 Å². The number of H-pyrrole nitrogens is 1.